The summed E-state index contributed by atoms with van der Waals surface area (Å²) in [6, 6.07) is 12.1. The Bertz CT molecular complexity index is 795. The number of carbonyl (C=O) groups is 1. The van der Waals surface area contributed by atoms with Crippen LogP contribution in [0.5, 0.6) is 5.75 Å². The molecule has 21 heavy (non-hydrogen) atoms. The summed E-state index contributed by atoms with van der Waals surface area (Å²) in [5, 5.41) is 20.1. The Labute approximate surface area is 121 Å². The molecule has 1 heterocycles. The molecular weight excluding hydrogens is 266 g/mol. The molecule has 0 aliphatic carbocycles. The topological polar surface area (TPSA) is 78.0 Å². The van der Waals surface area contributed by atoms with Crippen molar-refractivity contribution in [3.05, 3.63) is 59.8 Å². The molecule has 0 saturated heterocycles. The number of amides is 1. The molecular formula is C16H15N3O2. The minimum absolute atomic E-state index is 0.164. The molecule has 1 amide bonds. The van der Waals surface area contributed by atoms with Crippen LogP contribution in [-0.2, 0) is 0 Å². The maximum absolute atomic E-state index is 12.3. The third-order valence-electron chi connectivity index (χ3n) is 3.42. The van der Waals surface area contributed by atoms with E-state index in [1.165, 1.54) is 0 Å². The molecule has 1 aromatic heterocycles. The number of nitrogens with zero attached hydrogens (tertiary/aromatic N) is 1. The Hall–Kier alpha value is -2.82. The zero-order valence-electron chi connectivity index (χ0n) is 11.5. The molecule has 106 valence electrons. The average molecular weight is 281 g/mol. The Morgan fingerprint density at radius 2 is 2.14 bits per heavy atom. The molecule has 0 fully saturated rings. The van der Waals surface area contributed by atoms with Crippen LogP contribution in [0.2, 0.25) is 0 Å². The van der Waals surface area contributed by atoms with Gasteiger partial charge in [0.25, 0.3) is 5.91 Å². The van der Waals surface area contributed by atoms with E-state index < -0.39 is 0 Å². The van der Waals surface area contributed by atoms with Crippen molar-refractivity contribution in [3.8, 4) is 5.75 Å². The average Bonchev–Trinajstić information content (AvgIpc) is 2.94. The maximum atomic E-state index is 12.3. The van der Waals surface area contributed by atoms with Gasteiger partial charge in [-0.2, -0.15) is 5.10 Å². The minimum Gasteiger partial charge on any atom is -0.508 e. The first kappa shape index (κ1) is 13.2. The number of aromatic amines is 1. The Morgan fingerprint density at radius 3 is 2.95 bits per heavy atom. The lowest BCUT2D eigenvalue weighted by Gasteiger charge is -2.14. The Morgan fingerprint density at radius 1 is 1.29 bits per heavy atom. The molecule has 2 aromatic carbocycles. The van der Waals surface area contributed by atoms with E-state index in [1.807, 2.05) is 19.1 Å². The number of benzene rings is 2. The van der Waals surface area contributed by atoms with Crippen molar-refractivity contribution in [2.45, 2.75) is 13.0 Å². The zero-order chi connectivity index (χ0) is 14.8. The molecule has 0 radical (unpaired) electrons. The van der Waals surface area contributed by atoms with Crippen LogP contribution in [0.4, 0.5) is 0 Å². The Kier molecular flexibility index (Phi) is 3.31. The van der Waals surface area contributed by atoms with Crippen molar-refractivity contribution in [2.24, 2.45) is 0 Å². The molecule has 3 aromatic rings. The molecule has 0 aliphatic heterocycles. The van der Waals surface area contributed by atoms with Crippen LogP contribution in [0.1, 0.15) is 28.9 Å². The Balaban J connectivity index is 1.79. The van der Waals surface area contributed by atoms with Crippen LogP contribution in [0, 0.1) is 0 Å². The van der Waals surface area contributed by atoms with Gasteiger partial charge < -0.3 is 10.4 Å². The van der Waals surface area contributed by atoms with E-state index >= 15 is 0 Å². The van der Waals surface area contributed by atoms with Gasteiger partial charge in [-0.3, -0.25) is 9.89 Å². The number of aromatic hydroxyl groups is 1. The van der Waals surface area contributed by atoms with Gasteiger partial charge in [0.1, 0.15) is 5.75 Å². The van der Waals surface area contributed by atoms with Crippen LogP contribution in [-0.4, -0.2) is 21.2 Å². The zero-order valence-corrected chi connectivity index (χ0v) is 11.5. The van der Waals surface area contributed by atoms with Crippen LogP contribution >= 0.6 is 0 Å². The first-order chi connectivity index (χ1) is 10.1. The summed E-state index contributed by atoms with van der Waals surface area (Å²) < 4.78 is 0. The number of phenolic OH excluding ortho intramolecular Hbond substituents is 1. The number of nitrogens with one attached hydrogen (secondary N) is 2. The summed E-state index contributed by atoms with van der Waals surface area (Å²) in [5.74, 6) is 0.0230. The van der Waals surface area contributed by atoms with E-state index in [2.05, 4.69) is 15.5 Å². The fourth-order valence-electron chi connectivity index (χ4n) is 2.24. The van der Waals surface area contributed by atoms with E-state index in [4.69, 9.17) is 0 Å². The second-order valence-electron chi connectivity index (χ2n) is 4.96. The standard InChI is InChI=1S/C16H15N3O2/c1-10(11-3-2-4-14(20)7-11)18-16(21)12-5-6-13-9-17-19-15(13)8-12/h2-10,20H,1H3,(H,17,19)(H,18,21). The molecule has 5 nitrogen and oxygen atoms in total. The van der Waals surface area contributed by atoms with E-state index in [-0.39, 0.29) is 17.7 Å². The molecule has 3 rings (SSSR count). The number of phenols is 1. The maximum Gasteiger partial charge on any atom is 0.251 e. The van der Waals surface area contributed by atoms with Crippen molar-refractivity contribution in [2.75, 3.05) is 0 Å². The highest BCUT2D eigenvalue weighted by molar-refractivity contribution is 5.97. The number of hydrogen-bond acceptors (Lipinski definition) is 3. The third-order valence-corrected chi connectivity index (χ3v) is 3.42. The predicted octanol–water partition coefficient (Wildman–Crippen LogP) is 2.76. The van der Waals surface area contributed by atoms with Gasteiger partial charge >= 0.3 is 0 Å². The quantitative estimate of drug-likeness (QED) is 0.690. The molecule has 0 aliphatic rings. The molecule has 0 spiro atoms. The van der Waals surface area contributed by atoms with Crippen molar-refractivity contribution in [1.29, 1.82) is 0 Å². The van der Waals surface area contributed by atoms with E-state index in [0.717, 1.165) is 16.5 Å². The van der Waals surface area contributed by atoms with Gasteiger partial charge in [-0.15, -0.1) is 0 Å². The van der Waals surface area contributed by atoms with Crippen molar-refractivity contribution in [1.82, 2.24) is 15.5 Å². The van der Waals surface area contributed by atoms with E-state index in [9.17, 15) is 9.90 Å². The largest absolute Gasteiger partial charge is 0.508 e. The van der Waals surface area contributed by atoms with Gasteiger partial charge in [0, 0.05) is 10.9 Å². The molecule has 1 unspecified atom stereocenters. The lowest BCUT2D eigenvalue weighted by molar-refractivity contribution is 0.0940. The summed E-state index contributed by atoms with van der Waals surface area (Å²) in [4.78, 5) is 12.3. The van der Waals surface area contributed by atoms with E-state index in [0.29, 0.717) is 5.56 Å². The van der Waals surface area contributed by atoms with Crippen LogP contribution in [0.3, 0.4) is 0 Å². The van der Waals surface area contributed by atoms with Crippen LogP contribution in [0.25, 0.3) is 10.9 Å². The fourth-order valence-corrected chi connectivity index (χ4v) is 2.24. The molecule has 3 N–H and O–H groups in total. The van der Waals surface area contributed by atoms with Crippen LogP contribution in [0.15, 0.2) is 48.7 Å². The normalized spacial score (nSPS) is 12.2. The highest BCUT2D eigenvalue weighted by atomic mass is 16.3. The number of carbonyl (C=O) groups excluding carboxylic acids is 1. The van der Waals surface area contributed by atoms with E-state index in [1.54, 1.807) is 36.5 Å². The molecule has 5 heteroatoms. The lowest BCUT2D eigenvalue weighted by Crippen LogP contribution is -2.26. The first-order valence-electron chi connectivity index (χ1n) is 6.66. The summed E-state index contributed by atoms with van der Waals surface area (Å²) >= 11 is 0. The van der Waals surface area contributed by atoms with Gasteiger partial charge in [-0.05, 0) is 36.8 Å². The van der Waals surface area contributed by atoms with Crippen molar-refractivity contribution < 1.29 is 9.90 Å². The van der Waals surface area contributed by atoms with Gasteiger partial charge in [-0.25, -0.2) is 0 Å². The highest BCUT2D eigenvalue weighted by Crippen LogP contribution is 2.19. The summed E-state index contributed by atoms with van der Waals surface area (Å²) in [5.41, 5.74) is 2.25. The van der Waals surface area contributed by atoms with Crippen molar-refractivity contribution in [3.63, 3.8) is 0 Å². The number of aromatic nitrogens is 2. The number of H-pyrrole nitrogens is 1. The third kappa shape index (κ3) is 2.72. The van der Waals surface area contributed by atoms with Crippen molar-refractivity contribution >= 4 is 16.8 Å². The fraction of sp³-hybridized carbons (Fsp3) is 0.125. The number of rotatable bonds is 3. The molecule has 0 saturated carbocycles. The summed E-state index contributed by atoms with van der Waals surface area (Å²) in [7, 11) is 0. The minimum atomic E-state index is -0.193. The SMILES string of the molecule is CC(NC(=O)c1ccc2cn[nH]c2c1)c1cccc(O)c1. The van der Waals surface area contributed by atoms with Gasteiger partial charge in [0.2, 0.25) is 0 Å². The summed E-state index contributed by atoms with van der Waals surface area (Å²) in [6.45, 7) is 1.88. The monoisotopic (exact) mass is 281 g/mol. The van der Waals surface area contributed by atoms with Gasteiger partial charge in [0.15, 0.2) is 0 Å². The molecule has 1 atom stereocenters. The van der Waals surface area contributed by atoms with Crippen LogP contribution < -0.4 is 5.32 Å². The molecule has 0 bridgehead atoms. The second-order valence-corrected chi connectivity index (χ2v) is 4.96. The number of fused-ring (bicyclic) bond motifs is 1. The summed E-state index contributed by atoms with van der Waals surface area (Å²) in [6.07, 6.45) is 1.71. The lowest BCUT2D eigenvalue weighted by atomic mass is 10.1. The van der Waals surface area contributed by atoms with Gasteiger partial charge in [-0.1, -0.05) is 18.2 Å². The van der Waals surface area contributed by atoms with Gasteiger partial charge in [0.05, 0.1) is 17.8 Å². The smallest absolute Gasteiger partial charge is 0.251 e. The number of hydrogen-bond donors (Lipinski definition) is 3. The first-order valence-corrected chi connectivity index (χ1v) is 6.66. The second kappa shape index (κ2) is 5.28. The highest BCUT2D eigenvalue weighted by Gasteiger charge is 2.12. The predicted molar refractivity (Wildman–Crippen MR) is 80.1 cm³/mol.